The lowest BCUT2D eigenvalue weighted by Crippen LogP contribution is -2.37. The summed E-state index contributed by atoms with van der Waals surface area (Å²) in [5.74, 6) is -0.639. The molecule has 0 aliphatic rings. The number of sulfonamides is 1. The Balaban J connectivity index is 1.94. The van der Waals surface area contributed by atoms with Gasteiger partial charge < -0.3 is 15.7 Å². The standard InChI is InChI=1S/C20H22N4O5S/c1-4-13(12-8-6-5-7-9-12)22-15-16(19(27)18(15)26)23-14-10-11-21-20(17(14)25)30(28,29)24(2)3/h5-11,13,22,25H,4H2,1-3H3,(H,21,23)/t13-/m1/s1. The van der Waals surface area contributed by atoms with E-state index >= 15 is 0 Å². The van der Waals surface area contributed by atoms with Crippen molar-refractivity contribution in [2.45, 2.75) is 24.4 Å². The van der Waals surface area contributed by atoms with Gasteiger partial charge in [0, 0.05) is 20.3 Å². The van der Waals surface area contributed by atoms with Crippen LogP contribution in [0.15, 0.2) is 57.2 Å². The summed E-state index contributed by atoms with van der Waals surface area (Å²) < 4.78 is 25.6. The molecule has 158 valence electrons. The maximum absolute atomic E-state index is 12.3. The lowest BCUT2D eigenvalue weighted by Gasteiger charge is -2.22. The molecule has 0 unspecified atom stereocenters. The normalized spacial score (nSPS) is 12.8. The van der Waals surface area contributed by atoms with Crippen LogP contribution in [0.5, 0.6) is 5.75 Å². The van der Waals surface area contributed by atoms with Gasteiger partial charge >= 0.3 is 0 Å². The van der Waals surface area contributed by atoms with Crippen molar-refractivity contribution in [2.24, 2.45) is 0 Å². The number of rotatable bonds is 8. The van der Waals surface area contributed by atoms with Gasteiger partial charge in [-0.05, 0) is 18.1 Å². The average molecular weight is 430 g/mol. The smallest absolute Gasteiger partial charge is 0.263 e. The van der Waals surface area contributed by atoms with Crippen molar-refractivity contribution < 1.29 is 13.5 Å². The molecule has 9 nitrogen and oxygen atoms in total. The lowest BCUT2D eigenvalue weighted by molar-refractivity contribution is 0.447. The molecule has 1 atom stereocenters. The second-order valence-electron chi connectivity index (χ2n) is 6.85. The second-order valence-corrected chi connectivity index (χ2v) is 8.92. The maximum Gasteiger partial charge on any atom is 0.263 e. The van der Waals surface area contributed by atoms with Crippen LogP contribution in [0.4, 0.5) is 17.1 Å². The highest BCUT2D eigenvalue weighted by Gasteiger charge is 2.28. The predicted octanol–water partition coefficient (Wildman–Crippen LogP) is 1.94. The summed E-state index contributed by atoms with van der Waals surface area (Å²) in [5, 5.41) is 15.6. The van der Waals surface area contributed by atoms with Crippen LogP contribution in [-0.4, -0.2) is 36.9 Å². The van der Waals surface area contributed by atoms with E-state index in [1.165, 1.54) is 26.4 Å². The van der Waals surface area contributed by atoms with E-state index in [-0.39, 0.29) is 23.1 Å². The van der Waals surface area contributed by atoms with E-state index in [0.717, 1.165) is 9.87 Å². The average Bonchev–Trinajstić information content (AvgIpc) is 2.74. The van der Waals surface area contributed by atoms with Gasteiger partial charge in [0.15, 0.2) is 5.75 Å². The third kappa shape index (κ3) is 3.79. The molecule has 3 rings (SSSR count). The Labute approximate surface area is 173 Å². The van der Waals surface area contributed by atoms with Gasteiger partial charge in [0.25, 0.3) is 20.9 Å². The molecule has 0 bridgehead atoms. The van der Waals surface area contributed by atoms with Crippen molar-refractivity contribution in [1.29, 1.82) is 0 Å². The number of pyridine rings is 1. The molecule has 2 aromatic carbocycles. The molecule has 0 aliphatic carbocycles. The summed E-state index contributed by atoms with van der Waals surface area (Å²) in [4.78, 5) is 28.0. The van der Waals surface area contributed by atoms with E-state index in [0.29, 0.717) is 6.42 Å². The lowest BCUT2D eigenvalue weighted by atomic mass is 10.0. The molecule has 0 amide bonds. The molecule has 0 saturated carbocycles. The highest BCUT2D eigenvalue weighted by atomic mass is 32.2. The van der Waals surface area contributed by atoms with Crippen LogP contribution in [0.2, 0.25) is 0 Å². The third-order valence-electron chi connectivity index (χ3n) is 4.71. The SMILES string of the molecule is CC[C@@H](Nc1c(Nc2ccnc(S(=O)(=O)N(C)C)c2O)c(=O)c1=O)c1ccccc1. The zero-order chi connectivity index (χ0) is 22.1. The van der Waals surface area contributed by atoms with Gasteiger partial charge in [0.1, 0.15) is 11.4 Å². The molecule has 1 heterocycles. The summed E-state index contributed by atoms with van der Waals surface area (Å²) >= 11 is 0. The van der Waals surface area contributed by atoms with Crippen LogP contribution in [-0.2, 0) is 10.0 Å². The Morgan fingerprint density at radius 1 is 1.07 bits per heavy atom. The highest BCUT2D eigenvalue weighted by molar-refractivity contribution is 7.89. The quantitative estimate of drug-likeness (QED) is 0.463. The fourth-order valence-corrected chi connectivity index (χ4v) is 3.86. The number of nitrogens with zero attached hydrogens (tertiary/aromatic N) is 2. The van der Waals surface area contributed by atoms with E-state index < -0.39 is 31.7 Å². The number of anilines is 3. The van der Waals surface area contributed by atoms with Gasteiger partial charge in [0.05, 0.1) is 11.7 Å². The van der Waals surface area contributed by atoms with Crippen LogP contribution in [0.1, 0.15) is 24.9 Å². The summed E-state index contributed by atoms with van der Waals surface area (Å²) in [7, 11) is -1.38. The Kier molecular flexibility index (Phi) is 5.90. The first-order valence-corrected chi connectivity index (χ1v) is 10.6. The van der Waals surface area contributed by atoms with Crippen molar-refractivity contribution in [3.8, 4) is 5.75 Å². The van der Waals surface area contributed by atoms with E-state index in [9.17, 15) is 23.1 Å². The Morgan fingerprint density at radius 3 is 2.30 bits per heavy atom. The molecule has 3 aromatic rings. The van der Waals surface area contributed by atoms with Crippen molar-refractivity contribution >= 4 is 27.1 Å². The van der Waals surface area contributed by atoms with Crippen molar-refractivity contribution in [1.82, 2.24) is 9.29 Å². The molecule has 3 N–H and O–H groups in total. The summed E-state index contributed by atoms with van der Waals surface area (Å²) in [6.07, 6.45) is 1.85. The predicted molar refractivity (Wildman–Crippen MR) is 115 cm³/mol. The van der Waals surface area contributed by atoms with Gasteiger partial charge in [-0.25, -0.2) is 17.7 Å². The van der Waals surface area contributed by atoms with E-state index in [1.807, 2.05) is 37.3 Å². The Hall–Kier alpha value is -3.24. The fourth-order valence-electron chi connectivity index (χ4n) is 2.96. The molecule has 10 heteroatoms. The maximum atomic E-state index is 12.3. The van der Waals surface area contributed by atoms with Crippen LogP contribution >= 0.6 is 0 Å². The summed E-state index contributed by atoms with van der Waals surface area (Å²) in [6.45, 7) is 1.94. The number of benzene rings is 1. The van der Waals surface area contributed by atoms with E-state index in [2.05, 4.69) is 15.6 Å². The molecule has 1 aromatic heterocycles. The van der Waals surface area contributed by atoms with Crippen molar-refractivity contribution in [3.05, 3.63) is 68.6 Å². The van der Waals surface area contributed by atoms with Crippen molar-refractivity contribution in [2.75, 3.05) is 24.7 Å². The van der Waals surface area contributed by atoms with Crippen molar-refractivity contribution in [3.63, 3.8) is 0 Å². The van der Waals surface area contributed by atoms with E-state index in [1.54, 1.807) is 0 Å². The molecule has 0 aliphatic heterocycles. The van der Waals surface area contributed by atoms with Crippen LogP contribution < -0.4 is 21.5 Å². The minimum Gasteiger partial charge on any atom is -0.503 e. The number of aromatic hydroxyl groups is 1. The van der Waals surface area contributed by atoms with Gasteiger partial charge in [-0.3, -0.25) is 9.59 Å². The second kappa shape index (κ2) is 8.25. The number of nitrogens with one attached hydrogen (secondary N) is 2. The first-order chi connectivity index (χ1) is 14.2. The first kappa shape index (κ1) is 21.5. The Bertz CT molecular complexity index is 1230. The zero-order valence-electron chi connectivity index (χ0n) is 16.7. The minimum atomic E-state index is -4.00. The summed E-state index contributed by atoms with van der Waals surface area (Å²) in [6, 6.07) is 10.6. The molecule has 0 saturated heterocycles. The summed E-state index contributed by atoms with van der Waals surface area (Å²) in [5.41, 5.74) is -0.485. The number of hydrogen-bond donors (Lipinski definition) is 3. The fraction of sp³-hybridized carbons (Fsp3) is 0.250. The van der Waals surface area contributed by atoms with Gasteiger partial charge in [-0.15, -0.1) is 0 Å². The molecule has 0 fully saturated rings. The first-order valence-electron chi connectivity index (χ1n) is 9.20. The molecular formula is C20H22N4O5S. The molecule has 0 radical (unpaired) electrons. The van der Waals surface area contributed by atoms with Gasteiger partial charge in [0.2, 0.25) is 5.03 Å². The molecule has 0 spiro atoms. The monoisotopic (exact) mass is 430 g/mol. The van der Waals surface area contributed by atoms with Crippen LogP contribution in [0.3, 0.4) is 0 Å². The molecular weight excluding hydrogens is 408 g/mol. The number of aromatic nitrogens is 1. The van der Waals surface area contributed by atoms with Crippen LogP contribution in [0, 0.1) is 0 Å². The Morgan fingerprint density at radius 2 is 1.70 bits per heavy atom. The van der Waals surface area contributed by atoms with Gasteiger partial charge in [-0.2, -0.15) is 0 Å². The van der Waals surface area contributed by atoms with Crippen LogP contribution in [0.25, 0.3) is 0 Å². The molecule has 30 heavy (non-hydrogen) atoms. The third-order valence-corrected chi connectivity index (χ3v) is 6.46. The topological polar surface area (TPSA) is 129 Å². The van der Waals surface area contributed by atoms with Gasteiger partial charge in [-0.1, -0.05) is 37.3 Å². The largest absolute Gasteiger partial charge is 0.503 e. The number of hydrogen-bond acceptors (Lipinski definition) is 8. The zero-order valence-corrected chi connectivity index (χ0v) is 17.5. The highest BCUT2D eigenvalue weighted by Crippen LogP contribution is 2.34. The van der Waals surface area contributed by atoms with E-state index in [4.69, 9.17) is 0 Å². The minimum absolute atomic E-state index is 0.0379.